The Morgan fingerprint density at radius 2 is 2.00 bits per heavy atom. The van der Waals surface area contributed by atoms with Crippen molar-refractivity contribution in [2.75, 3.05) is 0 Å². The van der Waals surface area contributed by atoms with Crippen LogP contribution in [0.3, 0.4) is 0 Å². The van der Waals surface area contributed by atoms with Crippen LogP contribution in [-0.4, -0.2) is 11.1 Å². The first-order valence-electron chi connectivity index (χ1n) is 1.05. The van der Waals surface area contributed by atoms with Crippen LogP contribution in [0.2, 0.25) is 5.32 Å². The van der Waals surface area contributed by atoms with Gasteiger partial charge in [-0.2, -0.15) is 0 Å². The number of carboxylic acid groups (broad SMARTS) is 1. The van der Waals surface area contributed by atoms with Crippen molar-refractivity contribution >= 4 is 5.97 Å². The van der Waals surface area contributed by atoms with E-state index in [1.165, 1.54) is 0 Å². The molecule has 0 aromatic rings. The minimum absolute atomic E-state index is 0. The third-order valence-corrected chi connectivity index (χ3v) is 0.471. The molecule has 39 valence electrons. The summed E-state index contributed by atoms with van der Waals surface area (Å²) in [6.45, 7) is 0. The molecule has 0 spiro atoms. The van der Waals surface area contributed by atoms with Crippen LogP contribution in [0.15, 0.2) is 0 Å². The quantitative estimate of drug-likeness (QED) is 0.568. The summed E-state index contributed by atoms with van der Waals surface area (Å²) in [6, 6.07) is 0. The molecule has 2 nitrogen and oxygen atoms in total. The van der Waals surface area contributed by atoms with E-state index in [9.17, 15) is 4.79 Å². The average Bonchev–Trinajstić information content (AvgIpc) is 1.38. The zero-order chi connectivity index (χ0) is 4.28. The second kappa shape index (κ2) is 5.50. The third kappa shape index (κ3) is 8.82. The second-order valence-corrected chi connectivity index (χ2v) is 0.945. The summed E-state index contributed by atoms with van der Waals surface area (Å²) in [5, 5.41) is 7.71. The van der Waals surface area contributed by atoms with Gasteiger partial charge in [0.15, 0.2) is 0 Å². The van der Waals surface area contributed by atoms with Crippen LogP contribution in [-0.2, 0) is 37.6 Å². The van der Waals surface area contributed by atoms with Gasteiger partial charge in [-0.15, -0.1) is 0 Å². The van der Waals surface area contributed by atoms with E-state index in [4.69, 9.17) is 5.11 Å². The summed E-state index contributed by atoms with van der Waals surface area (Å²) in [6.07, 6.45) is 0. The maximum atomic E-state index is 9.32. The van der Waals surface area contributed by atoms with Crippen molar-refractivity contribution in [3.63, 3.8) is 0 Å². The van der Waals surface area contributed by atoms with E-state index in [-0.39, 0.29) is 22.1 Å². The molecule has 0 aromatic carbocycles. The molecule has 0 aliphatic rings. The summed E-state index contributed by atoms with van der Waals surface area (Å²) >= 11 is 2.71. The molecule has 1 radical (unpaired) electrons. The minimum atomic E-state index is -0.829. The van der Waals surface area contributed by atoms with Crippen molar-refractivity contribution in [1.82, 2.24) is 0 Å². The van der Waals surface area contributed by atoms with E-state index < -0.39 is 5.97 Å². The second-order valence-electron chi connectivity index (χ2n) is 0.527. The molecule has 1 N–H and O–H groups in total. The van der Waals surface area contributed by atoms with Crippen molar-refractivity contribution < 1.29 is 42.7 Å². The molecule has 0 saturated carbocycles. The number of hydrogen-bond donors (Lipinski definition) is 1. The number of hydrogen-bond acceptors (Lipinski definition) is 1. The van der Waals surface area contributed by atoms with Crippen LogP contribution in [0.1, 0.15) is 0 Å². The summed E-state index contributed by atoms with van der Waals surface area (Å²) in [7, 11) is 0. The molecule has 0 unspecified atom stereocenters. The van der Waals surface area contributed by atoms with Crippen molar-refractivity contribution in [2.45, 2.75) is 5.32 Å². The Bertz CT molecular complexity index is 46.8. The smallest absolute Gasteiger partial charge is 0 e. The Hall–Kier alpha value is 0.496. The van der Waals surface area contributed by atoms with Gasteiger partial charge in [-0.05, 0) is 0 Å². The molecule has 0 atom stereocenters. The zero-order valence-corrected chi connectivity index (χ0v) is 5.00. The van der Waals surface area contributed by atoms with Gasteiger partial charge in [-0.3, -0.25) is 0 Å². The summed E-state index contributed by atoms with van der Waals surface area (Å²) < 4.78 is 0. The van der Waals surface area contributed by atoms with E-state index in [0.29, 0.717) is 0 Å². The molecule has 0 heterocycles. The van der Waals surface area contributed by atoms with Crippen LogP contribution in [0.5, 0.6) is 0 Å². The van der Waals surface area contributed by atoms with Crippen LogP contribution < -0.4 is 0 Å². The summed E-state index contributed by atoms with van der Waals surface area (Å²) in [5.74, 6) is -0.829. The first kappa shape index (κ1) is 9.71. The minimum Gasteiger partial charge on any atom is 0 e. The molecule has 0 fully saturated rings. The fourth-order valence-corrected chi connectivity index (χ4v) is 0. The van der Waals surface area contributed by atoms with E-state index in [1.54, 1.807) is 0 Å². The van der Waals surface area contributed by atoms with Gasteiger partial charge in [0.05, 0.1) is 0 Å². The van der Waals surface area contributed by atoms with Gasteiger partial charge in [0.2, 0.25) is 0 Å². The molecule has 6 heavy (non-hydrogen) atoms. The molecule has 0 aliphatic carbocycles. The Labute approximate surface area is 54.3 Å². The zero-order valence-electron chi connectivity index (χ0n) is 2.77. The largest absolute Gasteiger partial charge is 0 e. The van der Waals surface area contributed by atoms with Crippen molar-refractivity contribution in [3.8, 4) is 0 Å². The molecule has 0 saturated heterocycles. The summed E-state index contributed by atoms with van der Waals surface area (Å²) in [5.41, 5.74) is 0. The summed E-state index contributed by atoms with van der Waals surface area (Å²) in [4.78, 5) is 9.32. The molecule has 0 aromatic heterocycles. The van der Waals surface area contributed by atoms with Crippen molar-refractivity contribution in [3.05, 3.63) is 0 Å². The Kier molecular flexibility index (Phi) is 8.89. The predicted octanol–water partition coefficient (Wildman–Crippen LogP) is 0.0336. The number of carbonyl (C=O) groups is 1. The van der Waals surface area contributed by atoms with E-state index in [2.05, 4.69) is 16.0 Å². The Morgan fingerprint density at radius 3 is 2.00 bits per heavy atom. The van der Waals surface area contributed by atoms with Gasteiger partial charge < -0.3 is 0 Å². The molecule has 0 aliphatic heterocycles. The molecule has 0 bridgehead atoms. The molecular weight excluding hydrogens is 170 g/mol. The van der Waals surface area contributed by atoms with Crippen molar-refractivity contribution in [1.29, 1.82) is 0 Å². The average molecular weight is 173 g/mol. The van der Waals surface area contributed by atoms with E-state index in [0.717, 1.165) is 0 Å². The SMILES string of the molecule is O=C(O)[CH2][Mn].[Co]. The maximum absolute atomic E-state index is 9.32. The van der Waals surface area contributed by atoms with E-state index in [1.807, 2.05) is 0 Å². The monoisotopic (exact) mass is 173 g/mol. The van der Waals surface area contributed by atoms with Gasteiger partial charge in [0.25, 0.3) is 0 Å². The number of rotatable bonds is 1. The number of carboxylic acids is 1. The topological polar surface area (TPSA) is 37.3 Å². The predicted molar refractivity (Wildman–Crippen MR) is 12.4 cm³/mol. The fourth-order valence-electron chi connectivity index (χ4n) is 0. The van der Waals surface area contributed by atoms with Gasteiger partial charge in [0, 0.05) is 16.8 Å². The standard InChI is InChI=1S/C2H3O2.Co.Mn/c1-2(3)4;;/h1H2,(H,3,4);;. The molecule has 4 heteroatoms. The van der Waals surface area contributed by atoms with Gasteiger partial charge in [-0.1, -0.05) is 0 Å². The first-order valence-corrected chi connectivity index (χ1v) is 1.88. The van der Waals surface area contributed by atoms with Crippen LogP contribution in [0.4, 0.5) is 0 Å². The van der Waals surface area contributed by atoms with Crippen LogP contribution in [0, 0.1) is 0 Å². The first-order chi connectivity index (χ1) is 2.27. The third-order valence-electron chi connectivity index (χ3n) is 0.114. The van der Waals surface area contributed by atoms with E-state index >= 15 is 0 Å². The van der Waals surface area contributed by atoms with Crippen LogP contribution in [0.25, 0.3) is 0 Å². The fraction of sp³-hybridized carbons (Fsp3) is 0.500. The molecular formula is C2H3CoMnO2. The normalized spacial score (nSPS) is 6.17. The molecule has 0 amide bonds. The van der Waals surface area contributed by atoms with Crippen molar-refractivity contribution in [2.24, 2.45) is 0 Å². The maximum Gasteiger partial charge on any atom is 0 e. The Balaban J connectivity index is 0. The van der Waals surface area contributed by atoms with Crippen LogP contribution >= 0.6 is 0 Å². The Morgan fingerprint density at radius 1 is 1.83 bits per heavy atom. The van der Waals surface area contributed by atoms with Gasteiger partial charge in [0.1, 0.15) is 0 Å². The number of aliphatic carboxylic acids is 1. The van der Waals surface area contributed by atoms with Gasteiger partial charge >= 0.3 is 37.2 Å². The molecule has 0 rings (SSSR count). The van der Waals surface area contributed by atoms with Gasteiger partial charge in [-0.25, -0.2) is 0 Å².